The lowest BCUT2D eigenvalue weighted by atomic mass is 9.78. The Hall–Kier alpha value is -3.23. The zero-order chi connectivity index (χ0) is 25.9. The number of hydrogen-bond donors (Lipinski definition) is 1. The Balaban J connectivity index is 0.998. The number of aromatic nitrogens is 4. The molecule has 0 spiro atoms. The van der Waals surface area contributed by atoms with Gasteiger partial charge in [0.15, 0.2) is 0 Å². The molecule has 0 bridgehead atoms. The normalized spacial score (nSPS) is 20.8. The van der Waals surface area contributed by atoms with Gasteiger partial charge in [-0.2, -0.15) is 5.10 Å². The summed E-state index contributed by atoms with van der Waals surface area (Å²) in [5.74, 6) is 1.06. The average molecular weight is 518 g/mol. The van der Waals surface area contributed by atoms with E-state index in [4.69, 9.17) is 4.74 Å². The van der Waals surface area contributed by atoms with E-state index < -0.39 is 0 Å². The van der Waals surface area contributed by atoms with Crippen molar-refractivity contribution in [2.75, 3.05) is 26.3 Å². The molecule has 4 aromatic rings. The summed E-state index contributed by atoms with van der Waals surface area (Å²) >= 11 is 0. The van der Waals surface area contributed by atoms with Gasteiger partial charge in [0.1, 0.15) is 12.1 Å². The summed E-state index contributed by atoms with van der Waals surface area (Å²) in [6.07, 6.45) is 10.3. The van der Waals surface area contributed by atoms with Gasteiger partial charge in [0.25, 0.3) is 0 Å². The van der Waals surface area contributed by atoms with E-state index >= 15 is 0 Å². The van der Waals surface area contributed by atoms with Crippen LogP contribution in [-0.2, 0) is 24.2 Å². The minimum atomic E-state index is -0.180. The second-order valence-corrected chi connectivity index (χ2v) is 10.9. The van der Waals surface area contributed by atoms with Crippen LogP contribution in [-0.4, -0.2) is 50.5 Å². The van der Waals surface area contributed by atoms with E-state index in [1.165, 1.54) is 42.9 Å². The van der Waals surface area contributed by atoms with Gasteiger partial charge >= 0.3 is 5.69 Å². The standard InChI is InChI=1S/C30H36FN5O2/c31-26-7-10-29-28(18-26)25(19-32-29)17-23-3-1-22(2-4-23)11-12-36-30(37)35(21-33-36)27-8-5-24(6-9-27)20-34-13-15-38-16-14-34/h5-10,18-19,21-23,32H,1-4,11-17,20H2. The molecule has 0 atom stereocenters. The van der Waals surface area contributed by atoms with Crippen LogP contribution in [0.1, 0.15) is 43.2 Å². The first-order valence-corrected chi connectivity index (χ1v) is 13.9. The van der Waals surface area contributed by atoms with Crippen molar-refractivity contribution in [1.29, 1.82) is 0 Å². The fraction of sp³-hybridized carbons (Fsp3) is 0.467. The molecule has 6 rings (SSSR count). The largest absolute Gasteiger partial charge is 0.379 e. The van der Waals surface area contributed by atoms with Crippen molar-refractivity contribution in [2.24, 2.45) is 11.8 Å². The summed E-state index contributed by atoms with van der Waals surface area (Å²) in [5, 5.41) is 5.41. The van der Waals surface area contributed by atoms with Gasteiger partial charge in [0.05, 0.1) is 18.9 Å². The fourth-order valence-corrected chi connectivity index (χ4v) is 6.11. The first-order valence-electron chi connectivity index (χ1n) is 13.9. The van der Waals surface area contributed by atoms with E-state index in [2.05, 4.69) is 27.1 Å². The molecular weight excluding hydrogens is 481 g/mol. The highest BCUT2D eigenvalue weighted by Gasteiger charge is 2.23. The number of hydrogen-bond acceptors (Lipinski definition) is 4. The van der Waals surface area contributed by atoms with Crippen molar-refractivity contribution < 1.29 is 9.13 Å². The third-order valence-corrected chi connectivity index (χ3v) is 8.41. The summed E-state index contributed by atoms with van der Waals surface area (Å²) in [6.45, 7) is 5.06. The number of aryl methyl sites for hydroxylation is 1. The number of fused-ring (bicyclic) bond motifs is 1. The van der Waals surface area contributed by atoms with Crippen LogP contribution in [0.15, 0.2) is 59.8 Å². The van der Waals surface area contributed by atoms with Crippen molar-refractivity contribution in [1.82, 2.24) is 24.2 Å². The molecule has 2 aliphatic rings. The molecule has 0 radical (unpaired) electrons. The van der Waals surface area contributed by atoms with Gasteiger partial charge in [0, 0.05) is 43.3 Å². The average Bonchev–Trinajstić information content (AvgIpc) is 3.52. The van der Waals surface area contributed by atoms with Crippen LogP contribution in [0.4, 0.5) is 4.39 Å². The Morgan fingerprint density at radius 1 is 1.00 bits per heavy atom. The monoisotopic (exact) mass is 517 g/mol. The zero-order valence-electron chi connectivity index (χ0n) is 21.8. The zero-order valence-corrected chi connectivity index (χ0v) is 21.8. The van der Waals surface area contributed by atoms with Crippen molar-refractivity contribution in [2.45, 2.75) is 51.6 Å². The number of halogens is 1. The van der Waals surface area contributed by atoms with Crippen LogP contribution < -0.4 is 5.69 Å². The number of nitrogens with one attached hydrogen (secondary N) is 1. The number of H-pyrrole nitrogens is 1. The van der Waals surface area contributed by atoms with E-state index in [0.29, 0.717) is 18.4 Å². The number of ether oxygens (including phenoxy) is 1. The van der Waals surface area contributed by atoms with Crippen molar-refractivity contribution in [3.63, 3.8) is 0 Å². The number of rotatable bonds is 8. The lowest BCUT2D eigenvalue weighted by Gasteiger charge is -2.28. The fourth-order valence-electron chi connectivity index (χ4n) is 6.11. The molecule has 2 aromatic heterocycles. The topological polar surface area (TPSA) is 68.1 Å². The summed E-state index contributed by atoms with van der Waals surface area (Å²) in [4.78, 5) is 18.7. The molecule has 38 heavy (non-hydrogen) atoms. The molecular formula is C30H36FN5O2. The van der Waals surface area contributed by atoms with Crippen molar-refractivity contribution in [3.05, 3.63) is 82.4 Å². The van der Waals surface area contributed by atoms with E-state index in [1.807, 2.05) is 24.4 Å². The quantitative estimate of drug-likeness (QED) is 0.360. The van der Waals surface area contributed by atoms with Gasteiger partial charge in [-0.25, -0.2) is 18.4 Å². The molecule has 1 saturated carbocycles. The van der Waals surface area contributed by atoms with Crippen LogP contribution in [0.5, 0.6) is 0 Å². The second kappa shape index (κ2) is 11.3. The van der Waals surface area contributed by atoms with E-state index in [9.17, 15) is 9.18 Å². The number of aromatic amines is 1. The molecule has 1 aliphatic heterocycles. The highest BCUT2D eigenvalue weighted by atomic mass is 19.1. The smallest absolute Gasteiger partial charge is 0.350 e. The van der Waals surface area contributed by atoms with Crippen LogP contribution in [0.25, 0.3) is 16.6 Å². The predicted molar refractivity (Wildman–Crippen MR) is 146 cm³/mol. The number of morpholine rings is 1. The molecule has 3 heterocycles. The lowest BCUT2D eigenvalue weighted by Crippen LogP contribution is -2.35. The minimum absolute atomic E-state index is 0.0776. The van der Waals surface area contributed by atoms with Crippen LogP contribution in [0.3, 0.4) is 0 Å². The Labute approximate surface area is 222 Å². The molecule has 7 nitrogen and oxygen atoms in total. The Kier molecular flexibility index (Phi) is 7.42. The maximum Gasteiger partial charge on any atom is 0.350 e. The number of benzene rings is 2. The maximum atomic E-state index is 13.7. The van der Waals surface area contributed by atoms with Gasteiger partial charge in [-0.05, 0) is 79.0 Å². The van der Waals surface area contributed by atoms with Gasteiger partial charge in [0.2, 0.25) is 0 Å². The van der Waals surface area contributed by atoms with E-state index in [-0.39, 0.29) is 11.5 Å². The third-order valence-electron chi connectivity index (χ3n) is 8.41. The first kappa shape index (κ1) is 25.1. The second-order valence-electron chi connectivity index (χ2n) is 10.9. The summed E-state index contributed by atoms with van der Waals surface area (Å²) in [6, 6.07) is 13.2. The summed E-state index contributed by atoms with van der Waals surface area (Å²) in [7, 11) is 0. The lowest BCUT2D eigenvalue weighted by molar-refractivity contribution is 0.0342. The first-order chi connectivity index (χ1) is 18.6. The molecule has 1 aliphatic carbocycles. The Bertz CT molecular complexity index is 1410. The van der Waals surface area contributed by atoms with Crippen molar-refractivity contribution in [3.8, 4) is 5.69 Å². The minimum Gasteiger partial charge on any atom is -0.379 e. The SMILES string of the molecule is O=c1n(-c2ccc(CN3CCOCC3)cc2)cnn1CCC1CCC(Cc2c[nH]c3ccc(F)cc23)CC1. The Morgan fingerprint density at radius 2 is 1.76 bits per heavy atom. The predicted octanol–water partition coefficient (Wildman–Crippen LogP) is 4.93. The van der Waals surface area contributed by atoms with Crippen LogP contribution in [0, 0.1) is 17.7 Å². The Morgan fingerprint density at radius 3 is 2.55 bits per heavy atom. The molecule has 8 heteroatoms. The highest BCUT2D eigenvalue weighted by molar-refractivity contribution is 5.83. The van der Waals surface area contributed by atoms with Crippen LogP contribution in [0.2, 0.25) is 0 Å². The van der Waals surface area contributed by atoms with Gasteiger partial charge in [-0.1, -0.05) is 25.0 Å². The highest BCUT2D eigenvalue weighted by Crippen LogP contribution is 2.34. The molecule has 0 unspecified atom stereocenters. The number of nitrogens with zero attached hydrogens (tertiary/aromatic N) is 4. The third kappa shape index (κ3) is 5.61. The molecule has 200 valence electrons. The van der Waals surface area contributed by atoms with Crippen LogP contribution >= 0.6 is 0 Å². The van der Waals surface area contributed by atoms with E-state index in [1.54, 1.807) is 21.6 Å². The summed E-state index contributed by atoms with van der Waals surface area (Å²) in [5.41, 5.74) is 4.23. The van der Waals surface area contributed by atoms with E-state index in [0.717, 1.165) is 62.3 Å². The maximum absolute atomic E-state index is 13.7. The van der Waals surface area contributed by atoms with Gasteiger partial charge < -0.3 is 9.72 Å². The molecule has 2 fully saturated rings. The van der Waals surface area contributed by atoms with Gasteiger partial charge in [-0.3, -0.25) is 4.90 Å². The molecule has 0 amide bonds. The summed E-state index contributed by atoms with van der Waals surface area (Å²) < 4.78 is 22.4. The van der Waals surface area contributed by atoms with Crippen molar-refractivity contribution >= 4 is 10.9 Å². The van der Waals surface area contributed by atoms with Gasteiger partial charge in [-0.15, -0.1) is 0 Å². The molecule has 2 aromatic carbocycles. The molecule has 1 saturated heterocycles. The molecule has 1 N–H and O–H groups in total.